The first-order chi connectivity index (χ1) is 13.1. The Morgan fingerprint density at radius 2 is 1.75 bits per heavy atom. The lowest BCUT2D eigenvalue weighted by atomic mass is 10.1. The summed E-state index contributed by atoms with van der Waals surface area (Å²) >= 11 is 1.40. The van der Waals surface area contributed by atoms with Gasteiger partial charge >= 0.3 is 0 Å². The lowest BCUT2D eigenvalue weighted by molar-refractivity contribution is 0.0924. The smallest absolute Gasteiger partial charge is 0.264 e. The molecule has 1 heterocycles. The molecule has 0 spiro atoms. The zero-order valence-electron chi connectivity index (χ0n) is 16.4. The normalized spacial score (nSPS) is 12.1. The number of amides is 1. The molecule has 0 radical (unpaired) electrons. The maximum absolute atomic E-state index is 13.0. The number of carbonyl (C=O) groups is 1. The van der Waals surface area contributed by atoms with E-state index in [-0.39, 0.29) is 16.3 Å². The SMILES string of the molecule is CCN(c1ccc2sc(C(=O)NC(C)(C)C)cc2c1)S(=O)(=O)c1ccccc1. The number of nitrogens with one attached hydrogen (secondary N) is 1. The summed E-state index contributed by atoms with van der Waals surface area (Å²) in [6.07, 6.45) is 0. The summed E-state index contributed by atoms with van der Waals surface area (Å²) in [6, 6.07) is 15.7. The molecular weight excluding hydrogens is 392 g/mol. The van der Waals surface area contributed by atoms with E-state index >= 15 is 0 Å². The van der Waals surface area contributed by atoms with Gasteiger partial charge in [0.2, 0.25) is 0 Å². The van der Waals surface area contributed by atoms with Gasteiger partial charge in [0.1, 0.15) is 0 Å². The highest BCUT2D eigenvalue weighted by Gasteiger charge is 2.24. The predicted octanol–water partition coefficient (Wildman–Crippen LogP) is 4.64. The minimum atomic E-state index is -3.65. The van der Waals surface area contributed by atoms with Gasteiger partial charge in [0, 0.05) is 16.8 Å². The molecule has 1 N–H and O–H groups in total. The Hall–Kier alpha value is -2.38. The Balaban J connectivity index is 1.98. The van der Waals surface area contributed by atoms with Crippen molar-refractivity contribution in [1.82, 2.24) is 5.32 Å². The number of anilines is 1. The van der Waals surface area contributed by atoms with Crippen molar-refractivity contribution in [3.63, 3.8) is 0 Å². The number of hydrogen-bond donors (Lipinski definition) is 1. The van der Waals surface area contributed by atoms with Gasteiger partial charge in [0.05, 0.1) is 15.5 Å². The number of rotatable bonds is 5. The highest BCUT2D eigenvalue weighted by molar-refractivity contribution is 7.92. The van der Waals surface area contributed by atoms with Gasteiger partial charge < -0.3 is 5.32 Å². The summed E-state index contributed by atoms with van der Waals surface area (Å²) in [5.41, 5.74) is 0.265. The van der Waals surface area contributed by atoms with Crippen molar-refractivity contribution in [3.05, 3.63) is 59.5 Å². The number of thiophene rings is 1. The van der Waals surface area contributed by atoms with Crippen LogP contribution in [-0.4, -0.2) is 26.4 Å². The number of benzene rings is 2. The van der Waals surface area contributed by atoms with Crippen LogP contribution in [0.15, 0.2) is 59.5 Å². The van der Waals surface area contributed by atoms with Gasteiger partial charge in [-0.2, -0.15) is 0 Å². The first-order valence-electron chi connectivity index (χ1n) is 9.06. The monoisotopic (exact) mass is 416 g/mol. The van der Waals surface area contributed by atoms with Crippen LogP contribution < -0.4 is 9.62 Å². The van der Waals surface area contributed by atoms with E-state index in [4.69, 9.17) is 0 Å². The Morgan fingerprint density at radius 1 is 1.07 bits per heavy atom. The van der Waals surface area contributed by atoms with Gasteiger partial charge in [-0.05, 0) is 69.5 Å². The van der Waals surface area contributed by atoms with Crippen molar-refractivity contribution >= 4 is 43.0 Å². The molecule has 2 aromatic carbocycles. The molecule has 28 heavy (non-hydrogen) atoms. The van der Waals surface area contributed by atoms with E-state index in [1.165, 1.54) is 15.6 Å². The van der Waals surface area contributed by atoms with Crippen molar-refractivity contribution in [2.45, 2.75) is 38.1 Å². The van der Waals surface area contributed by atoms with Crippen molar-refractivity contribution in [3.8, 4) is 0 Å². The van der Waals surface area contributed by atoms with Gasteiger partial charge in [-0.25, -0.2) is 8.42 Å². The maximum atomic E-state index is 13.0. The fourth-order valence-electron chi connectivity index (χ4n) is 2.91. The van der Waals surface area contributed by atoms with E-state index in [2.05, 4.69) is 5.32 Å². The summed E-state index contributed by atoms with van der Waals surface area (Å²) in [5, 5.41) is 3.81. The minimum Gasteiger partial charge on any atom is -0.347 e. The van der Waals surface area contributed by atoms with E-state index in [0.29, 0.717) is 17.1 Å². The largest absolute Gasteiger partial charge is 0.347 e. The molecule has 0 fully saturated rings. The van der Waals surface area contributed by atoms with Gasteiger partial charge in [-0.1, -0.05) is 18.2 Å². The van der Waals surface area contributed by atoms with Crippen LogP contribution in [0.25, 0.3) is 10.1 Å². The molecule has 3 rings (SSSR count). The minimum absolute atomic E-state index is 0.125. The molecular formula is C21H24N2O3S2. The molecule has 0 aliphatic carbocycles. The number of carbonyl (C=O) groups excluding carboxylic acids is 1. The molecule has 5 nitrogen and oxygen atoms in total. The van der Waals surface area contributed by atoms with Crippen molar-refractivity contribution in [2.24, 2.45) is 0 Å². The molecule has 7 heteroatoms. The second kappa shape index (κ2) is 7.56. The van der Waals surface area contributed by atoms with E-state index in [0.717, 1.165) is 10.1 Å². The third kappa shape index (κ3) is 4.20. The van der Waals surface area contributed by atoms with Crippen LogP contribution in [0.5, 0.6) is 0 Å². The third-order valence-electron chi connectivity index (χ3n) is 4.12. The topological polar surface area (TPSA) is 66.5 Å². The standard InChI is InChI=1S/C21H24N2O3S2/c1-5-23(28(25,26)17-9-7-6-8-10-17)16-11-12-18-15(13-16)14-19(27-18)20(24)22-21(2,3)4/h6-14H,5H2,1-4H3,(H,22,24). The Bertz CT molecular complexity index is 1100. The number of hydrogen-bond acceptors (Lipinski definition) is 4. The molecule has 0 atom stereocenters. The zero-order chi connectivity index (χ0) is 20.5. The summed E-state index contributed by atoms with van der Waals surface area (Å²) in [7, 11) is -3.65. The fraction of sp³-hybridized carbons (Fsp3) is 0.286. The quantitative estimate of drug-likeness (QED) is 0.659. The lowest BCUT2D eigenvalue weighted by Gasteiger charge is -2.23. The molecule has 3 aromatic rings. The van der Waals surface area contributed by atoms with Crippen LogP contribution in [0.2, 0.25) is 0 Å². The Labute approximate surface area is 170 Å². The molecule has 0 aliphatic rings. The summed E-state index contributed by atoms with van der Waals surface area (Å²) in [6.45, 7) is 7.92. The van der Waals surface area contributed by atoms with Crippen LogP contribution in [0, 0.1) is 0 Å². The lowest BCUT2D eigenvalue weighted by Crippen LogP contribution is -2.40. The predicted molar refractivity (Wildman–Crippen MR) is 116 cm³/mol. The number of fused-ring (bicyclic) bond motifs is 1. The molecule has 1 aromatic heterocycles. The molecule has 0 saturated heterocycles. The first-order valence-corrected chi connectivity index (χ1v) is 11.3. The third-order valence-corrected chi connectivity index (χ3v) is 7.15. The zero-order valence-corrected chi connectivity index (χ0v) is 18.0. The van der Waals surface area contributed by atoms with Gasteiger partial charge in [0.15, 0.2) is 0 Å². The molecule has 0 saturated carbocycles. The molecule has 0 unspecified atom stereocenters. The van der Waals surface area contributed by atoms with Crippen molar-refractivity contribution < 1.29 is 13.2 Å². The average Bonchev–Trinajstić information content (AvgIpc) is 3.05. The maximum Gasteiger partial charge on any atom is 0.264 e. The second-order valence-corrected chi connectivity index (χ2v) is 10.5. The van der Waals surface area contributed by atoms with E-state index < -0.39 is 10.0 Å². The highest BCUT2D eigenvalue weighted by atomic mass is 32.2. The highest BCUT2D eigenvalue weighted by Crippen LogP contribution is 2.32. The summed E-state index contributed by atoms with van der Waals surface area (Å²) in [5.74, 6) is -0.125. The van der Waals surface area contributed by atoms with Crippen LogP contribution in [0.3, 0.4) is 0 Å². The van der Waals surface area contributed by atoms with Crippen LogP contribution in [0.1, 0.15) is 37.4 Å². The van der Waals surface area contributed by atoms with Crippen molar-refractivity contribution in [1.29, 1.82) is 0 Å². The summed E-state index contributed by atoms with van der Waals surface area (Å²) < 4.78 is 28.4. The van der Waals surface area contributed by atoms with E-state index in [1.807, 2.05) is 39.0 Å². The molecule has 148 valence electrons. The van der Waals surface area contributed by atoms with Crippen LogP contribution >= 0.6 is 11.3 Å². The average molecular weight is 417 g/mol. The van der Waals surface area contributed by atoms with E-state index in [9.17, 15) is 13.2 Å². The number of nitrogens with zero attached hydrogens (tertiary/aromatic N) is 1. The molecule has 0 bridgehead atoms. The Kier molecular flexibility index (Phi) is 5.50. The summed E-state index contributed by atoms with van der Waals surface area (Å²) in [4.78, 5) is 13.3. The fourth-order valence-corrected chi connectivity index (χ4v) is 5.34. The van der Waals surface area contributed by atoms with Gasteiger partial charge in [0.25, 0.3) is 15.9 Å². The van der Waals surface area contributed by atoms with Crippen LogP contribution in [-0.2, 0) is 10.0 Å². The second-order valence-electron chi connectivity index (χ2n) is 7.52. The van der Waals surface area contributed by atoms with E-state index in [1.54, 1.807) is 43.3 Å². The molecule has 0 aliphatic heterocycles. The Morgan fingerprint density at radius 3 is 2.36 bits per heavy atom. The van der Waals surface area contributed by atoms with Crippen LogP contribution in [0.4, 0.5) is 5.69 Å². The van der Waals surface area contributed by atoms with Gasteiger partial charge in [-0.15, -0.1) is 11.3 Å². The molecule has 1 amide bonds. The number of sulfonamides is 1. The first kappa shape index (κ1) is 20.4. The van der Waals surface area contributed by atoms with Crippen molar-refractivity contribution in [2.75, 3.05) is 10.8 Å². The van der Waals surface area contributed by atoms with Gasteiger partial charge in [-0.3, -0.25) is 9.10 Å².